The predicted octanol–water partition coefficient (Wildman–Crippen LogP) is 2.84. The fourth-order valence-corrected chi connectivity index (χ4v) is 1.81. The van der Waals surface area contributed by atoms with Gasteiger partial charge in [0.05, 0.1) is 12.3 Å². The topological polar surface area (TPSA) is 107 Å². The van der Waals surface area contributed by atoms with Crippen LogP contribution in [0.2, 0.25) is 0 Å². The van der Waals surface area contributed by atoms with Crippen LogP contribution in [0.25, 0.3) is 0 Å². The molecule has 8 heteroatoms. The van der Waals surface area contributed by atoms with Gasteiger partial charge in [0.25, 0.3) is 5.91 Å². The van der Waals surface area contributed by atoms with Crippen molar-refractivity contribution in [1.82, 2.24) is 5.43 Å². The summed E-state index contributed by atoms with van der Waals surface area (Å²) in [6.07, 6.45) is 1.17. The summed E-state index contributed by atoms with van der Waals surface area (Å²) in [5.41, 5.74) is 3.43. The van der Waals surface area contributed by atoms with Crippen molar-refractivity contribution >= 4 is 18.0 Å². The molecule has 0 unspecified atom stereocenters. The highest BCUT2D eigenvalue weighted by atomic mass is 16.6. The molecule has 0 aliphatic heterocycles. The molecule has 0 bridgehead atoms. The molecular weight excluding hydrogens is 314 g/mol. The zero-order valence-corrected chi connectivity index (χ0v) is 13.3. The van der Waals surface area contributed by atoms with Gasteiger partial charge in [0.1, 0.15) is 10.7 Å². The van der Waals surface area contributed by atoms with Gasteiger partial charge in [-0.2, -0.15) is 5.10 Å². The number of carbonyl (C=O) groups is 1. The zero-order chi connectivity index (χ0) is 17.5. The average molecular weight is 331 g/mol. The minimum atomic E-state index is -0.658. The number of hydrazone groups is 1. The molecule has 1 N–H and O–H groups in total. The molecule has 0 aliphatic carbocycles. The summed E-state index contributed by atoms with van der Waals surface area (Å²) in [4.78, 5) is 21.4. The Bertz CT molecular complexity index is 734. The van der Waals surface area contributed by atoms with Gasteiger partial charge >= 0.3 is 5.88 Å². The third-order valence-corrected chi connectivity index (χ3v) is 3.09. The van der Waals surface area contributed by atoms with Crippen LogP contribution in [-0.4, -0.2) is 23.7 Å². The van der Waals surface area contributed by atoms with Crippen LogP contribution in [0.4, 0.5) is 5.88 Å². The smallest absolute Gasteiger partial charge is 0.433 e. The highest BCUT2D eigenvalue weighted by Gasteiger charge is 2.10. The van der Waals surface area contributed by atoms with Crippen molar-refractivity contribution in [3.05, 3.63) is 57.8 Å². The van der Waals surface area contributed by atoms with E-state index in [1.807, 2.05) is 12.1 Å². The van der Waals surface area contributed by atoms with E-state index in [0.717, 1.165) is 0 Å². The van der Waals surface area contributed by atoms with E-state index in [1.54, 1.807) is 12.1 Å². The molecule has 1 amide bonds. The Hall–Kier alpha value is -3.16. The largest absolute Gasteiger partial charge is 0.484 e. The molecule has 1 aromatic carbocycles. The highest BCUT2D eigenvalue weighted by molar-refractivity contribution is 5.81. The van der Waals surface area contributed by atoms with Crippen molar-refractivity contribution in [2.75, 3.05) is 6.61 Å². The molecule has 2 aromatic rings. The first-order valence-corrected chi connectivity index (χ1v) is 7.24. The van der Waals surface area contributed by atoms with Crippen LogP contribution in [0.5, 0.6) is 5.75 Å². The maximum atomic E-state index is 11.6. The van der Waals surface area contributed by atoms with Gasteiger partial charge in [-0.25, -0.2) is 5.43 Å². The van der Waals surface area contributed by atoms with Crippen LogP contribution >= 0.6 is 0 Å². The lowest BCUT2D eigenvalue weighted by Crippen LogP contribution is -2.24. The molecule has 0 fully saturated rings. The molecule has 1 aromatic heterocycles. The summed E-state index contributed by atoms with van der Waals surface area (Å²) in [6.45, 7) is 3.99. The first kappa shape index (κ1) is 17.2. The van der Waals surface area contributed by atoms with Gasteiger partial charge in [0.2, 0.25) is 0 Å². The zero-order valence-electron chi connectivity index (χ0n) is 13.3. The monoisotopic (exact) mass is 331 g/mol. The Morgan fingerprint density at radius 3 is 2.62 bits per heavy atom. The number of benzene rings is 1. The van der Waals surface area contributed by atoms with Gasteiger partial charge in [-0.3, -0.25) is 14.9 Å². The second-order valence-corrected chi connectivity index (χ2v) is 5.24. The van der Waals surface area contributed by atoms with Crippen LogP contribution in [0, 0.1) is 10.1 Å². The number of nitro groups is 1. The summed E-state index contributed by atoms with van der Waals surface area (Å²) >= 11 is 0. The number of furan rings is 1. The Kier molecular flexibility index (Phi) is 5.67. The van der Waals surface area contributed by atoms with E-state index in [0.29, 0.717) is 11.7 Å². The van der Waals surface area contributed by atoms with Gasteiger partial charge < -0.3 is 9.15 Å². The maximum Gasteiger partial charge on any atom is 0.433 e. The van der Waals surface area contributed by atoms with Crippen LogP contribution in [0.15, 0.2) is 45.9 Å². The van der Waals surface area contributed by atoms with Crippen molar-refractivity contribution in [3.8, 4) is 5.75 Å². The Balaban J connectivity index is 1.78. The summed E-state index contributed by atoms with van der Waals surface area (Å²) in [7, 11) is 0. The minimum Gasteiger partial charge on any atom is -0.484 e. The fourth-order valence-electron chi connectivity index (χ4n) is 1.81. The lowest BCUT2D eigenvalue weighted by atomic mass is 10.0. The lowest BCUT2D eigenvalue weighted by Gasteiger charge is -2.08. The predicted molar refractivity (Wildman–Crippen MR) is 87.1 cm³/mol. The van der Waals surface area contributed by atoms with E-state index in [1.165, 1.54) is 23.9 Å². The number of hydrogen-bond acceptors (Lipinski definition) is 6. The van der Waals surface area contributed by atoms with Gasteiger partial charge in [-0.15, -0.1) is 0 Å². The number of rotatable bonds is 7. The second-order valence-electron chi connectivity index (χ2n) is 5.24. The van der Waals surface area contributed by atoms with Crippen molar-refractivity contribution < 1.29 is 18.9 Å². The van der Waals surface area contributed by atoms with Gasteiger partial charge in [-0.05, 0) is 29.7 Å². The summed E-state index contributed by atoms with van der Waals surface area (Å²) in [6, 6.07) is 10.1. The normalized spacial score (nSPS) is 11.0. The van der Waals surface area contributed by atoms with E-state index in [9.17, 15) is 14.9 Å². The summed E-state index contributed by atoms with van der Waals surface area (Å²) in [5, 5.41) is 14.1. The SMILES string of the molecule is CC(C)c1ccc(OCC(=O)N/N=C/c2ccc([N+](=O)[O-])o2)cc1. The minimum absolute atomic E-state index is 0.159. The molecule has 2 rings (SSSR count). The molecule has 0 aliphatic rings. The maximum absolute atomic E-state index is 11.6. The Morgan fingerprint density at radius 2 is 2.04 bits per heavy atom. The standard InChI is InChI=1S/C16H17N3O5/c1-11(2)12-3-5-13(6-4-12)23-10-15(20)18-17-9-14-7-8-16(24-14)19(21)22/h3-9,11H,10H2,1-2H3,(H,18,20)/b17-9+. The van der Waals surface area contributed by atoms with Gasteiger partial charge in [0, 0.05) is 0 Å². The molecule has 24 heavy (non-hydrogen) atoms. The number of amides is 1. The second kappa shape index (κ2) is 7.91. The lowest BCUT2D eigenvalue weighted by molar-refractivity contribution is -0.402. The molecule has 0 spiro atoms. The number of nitrogens with one attached hydrogen (secondary N) is 1. The van der Waals surface area contributed by atoms with Crippen LogP contribution in [-0.2, 0) is 4.79 Å². The summed E-state index contributed by atoms with van der Waals surface area (Å²) in [5.74, 6) is 0.317. The van der Waals surface area contributed by atoms with Gasteiger partial charge in [0.15, 0.2) is 12.4 Å². The molecule has 0 saturated carbocycles. The Labute approximate surface area is 138 Å². The highest BCUT2D eigenvalue weighted by Crippen LogP contribution is 2.18. The molecule has 1 heterocycles. The fraction of sp³-hybridized carbons (Fsp3) is 0.250. The number of nitrogens with zero attached hydrogens (tertiary/aromatic N) is 2. The first-order chi connectivity index (χ1) is 11.5. The summed E-state index contributed by atoms with van der Waals surface area (Å²) < 4.78 is 10.2. The van der Waals surface area contributed by atoms with E-state index < -0.39 is 16.7 Å². The van der Waals surface area contributed by atoms with E-state index >= 15 is 0 Å². The van der Waals surface area contributed by atoms with Crippen molar-refractivity contribution in [1.29, 1.82) is 0 Å². The Morgan fingerprint density at radius 1 is 1.33 bits per heavy atom. The third-order valence-electron chi connectivity index (χ3n) is 3.09. The van der Waals surface area contributed by atoms with Crippen LogP contribution in [0.3, 0.4) is 0 Å². The average Bonchev–Trinajstić information content (AvgIpc) is 3.02. The van der Waals surface area contributed by atoms with Crippen molar-refractivity contribution in [2.24, 2.45) is 5.10 Å². The van der Waals surface area contributed by atoms with Crippen LogP contribution in [0.1, 0.15) is 31.1 Å². The van der Waals surface area contributed by atoms with Gasteiger partial charge in [-0.1, -0.05) is 26.0 Å². The quantitative estimate of drug-likeness (QED) is 0.477. The molecular formula is C16H17N3O5. The van der Waals surface area contributed by atoms with Crippen molar-refractivity contribution in [2.45, 2.75) is 19.8 Å². The van der Waals surface area contributed by atoms with Crippen LogP contribution < -0.4 is 10.2 Å². The van der Waals surface area contributed by atoms with E-state index in [2.05, 4.69) is 24.4 Å². The molecule has 0 atom stereocenters. The molecule has 126 valence electrons. The molecule has 0 saturated heterocycles. The molecule has 8 nitrogen and oxygen atoms in total. The van der Waals surface area contributed by atoms with E-state index in [-0.39, 0.29) is 12.4 Å². The van der Waals surface area contributed by atoms with E-state index in [4.69, 9.17) is 9.15 Å². The number of hydrogen-bond donors (Lipinski definition) is 1. The first-order valence-electron chi connectivity index (χ1n) is 7.24. The number of carbonyl (C=O) groups excluding carboxylic acids is 1. The third kappa shape index (κ3) is 4.94. The van der Waals surface area contributed by atoms with Crippen molar-refractivity contribution in [3.63, 3.8) is 0 Å². The molecule has 0 radical (unpaired) electrons. The number of ether oxygens (including phenoxy) is 1.